The van der Waals surface area contributed by atoms with Crippen LogP contribution in [0.15, 0.2) is 102 Å². The van der Waals surface area contributed by atoms with Gasteiger partial charge in [-0.3, -0.25) is 0 Å². The summed E-state index contributed by atoms with van der Waals surface area (Å²) in [5, 5.41) is 6.62. The van der Waals surface area contributed by atoms with Crippen molar-refractivity contribution in [3.05, 3.63) is 123 Å². The Labute approximate surface area is 238 Å². The molecular weight excluding hydrogens is 532 g/mol. The maximum absolute atomic E-state index is 13.1. The number of para-hydroxylation sites is 1. The second kappa shape index (κ2) is 13.1. The molecule has 2 atom stereocenters. The minimum Gasteiger partial charge on any atom is -0.489 e. The summed E-state index contributed by atoms with van der Waals surface area (Å²) in [6.07, 6.45) is -1.56. The highest BCUT2D eigenvalue weighted by atomic mass is 35.5. The molecule has 0 aromatic heterocycles. The van der Waals surface area contributed by atoms with Gasteiger partial charge < -0.3 is 29.6 Å². The molecule has 0 fully saturated rings. The van der Waals surface area contributed by atoms with Gasteiger partial charge in [0, 0.05) is 10.6 Å². The monoisotopic (exact) mass is 562 g/mol. The van der Waals surface area contributed by atoms with Crippen molar-refractivity contribution in [1.82, 2.24) is 10.6 Å². The third kappa shape index (κ3) is 6.95. The zero-order valence-corrected chi connectivity index (χ0v) is 23.5. The van der Waals surface area contributed by atoms with Crippen LogP contribution >= 0.6 is 11.6 Å². The third-order valence-corrected chi connectivity index (χ3v) is 6.58. The lowest BCUT2D eigenvalue weighted by Gasteiger charge is -2.31. The second-order valence-electron chi connectivity index (χ2n) is 9.22. The molecule has 0 aliphatic carbocycles. The first-order valence-corrected chi connectivity index (χ1v) is 13.1. The number of nitrogens with one attached hydrogen (secondary N) is 2. The first kappa shape index (κ1) is 28.6. The van der Waals surface area contributed by atoms with Crippen LogP contribution in [0.25, 0.3) is 0 Å². The summed E-state index contributed by atoms with van der Waals surface area (Å²) < 4.78 is 22.5. The lowest BCUT2D eigenvalue weighted by Crippen LogP contribution is -2.33. The number of carbonyl (C=O) groups is 2. The molecule has 1 aliphatic rings. The number of rotatable bonds is 8. The normalized spacial score (nSPS) is 15.6. The maximum Gasteiger partial charge on any atom is 0.513 e. The maximum atomic E-state index is 13.1. The van der Waals surface area contributed by atoms with Crippen LogP contribution in [0, 0.1) is 0 Å². The Morgan fingerprint density at radius 2 is 1.60 bits per heavy atom. The molecule has 3 aromatic carbocycles. The number of methoxy groups -OCH3 is 1. The minimum atomic E-state index is -0.903. The molecule has 4 rings (SSSR count). The Balaban J connectivity index is 1.67. The molecule has 1 unspecified atom stereocenters. The van der Waals surface area contributed by atoms with Crippen LogP contribution in [0.3, 0.4) is 0 Å². The largest absolute Gasteiger partial charge is 0.513 e. The molecule has 0 saturated heterocycles. The molecular formula is C31H31ClN2O6. The zero-order valence-electron chi connectivity index (χ0n) is 22.7. The molecule has 1 amide bonds. The average Bonchev–Trinajstić information content (AvgIpc) is 2.95. The summed E-state index contributed by atoms with van der Waals surface area (Å²) in [7, 11) is 1.22. The number of dihydropyridines is 1. The summed E-state index contributed by atoms with van der Waals surface area (Å²) in [6.45, 7) is 5.65. The fraction of sp³-hybridized carbons (Fsp3) is 0.226. The molecule has 8 nitrogen and oxygen atoms in total. The van der Waals surface area contributed by atoms with E-state index in [1.54, 1.807) is 26.0 Å². The Morgan fingerprint density at radius 1 is 0.925 bits per heavy atom. The molecule has 9 heteroatoms. The van der Waals surface area contributed by atoms with Crippen LogP contribution < -0.4 is 15.4 Å². The van der Waals surface area contributed by atoms with Crippen LogP contribution in [0.1, 0.15) is 49.4 Å². The van der Waals surface area contributed by atoms with Crippen LogP contribution in [-0.4, -0.2) is 19.4 Å². The Morgan fingerprint density at radius 3 is 2.30 bits per heavy atom. The molecule has 0 bridgehead atoms. The summed E-state index contributed by atoms with van der Waals surface area (Å²) in [5.74, 6) is 0.185. The molecule has 0 radical (unpaired) electrons. The van der Waals surface area contributed by atoms with Gasteiger partial charge in [0.05, 0.1) is 24.5 Å². The van der Waals surface area contributed by atoms with Gasteiger partial charge in [0.25, 0.3) is 0 Å². The third-order valence-electron chi connectivity index (χ3n) is 6.35. The number of hydrogen-bond acceptors (Lipinski definition) is 7. The van der Waals surface area contributed by atoms with E-state index in [9.17, 15) is 9.59 Å². The van der Waals surface area contributed by atoms with Gasteiger partial charge in [-0.2, -0.15) is 0 Å². The first-order valence-electron chi connectivity index (χ1n) is 12.7. The molecule has 2 N–H and O–H groups in total. The van der Waals surface area contributed by atoms with Crippen LogP contribution in [-0.2, 0) is 20.8 Å². The minimum absolute atomic E-state index is 0.218. The van der Waals surface area contributed by atoms with E-state index in [2.05, 4.69) is 10.6 Å². The van der Waals surface area contributed by atoms with E-state index in [0.29, 0.717) is 27.7 Å². The Bertz CT molecular complexity index is 1440. The highest BCUT2D eigenvalue weighted by Gasteiger charge is 2.37. The molecule has 0 spiro atoms. The zero-order chi connectivity index (χ0) is 28.6. The van der Waals surface area contributed by atoms with E-state index < -0.39 is 18.2 Å². The van der Waals surface area contributed by atoms with Crippen LogP contribution in [0.4, 0.5) is 9.59 Å². The predicted octanol–water partition coefficient (Wildman–Crippen LogP) is 7.34. The van der Waals surface area contributed by atoms with Crippen LogP contribution in [0.2, 0.25) is 5.02 Å². The van der Waals surface area contributed by atoms with E-state index in [1.807, 2.05) is 73.7 Å². The smallest absolute Gasteiger partial charge is 0.489 e. The molecule has 0 saturated carbocycles. The van der Waals surface area contributed by atoms with Gasteiger partial charge >= 0.3 is 12.2 Å². The van der Waals surface area contributed by atoms with Crippen molar-refractivity contribution in [3.8, 4) is 5.75 Å². The van der Waals surface area contributed by atoms with Crippen LogP contribution in [0.5, 0.6) is 5.75 Å². The van der Waals surface area contributed by atoms with E-state index in [4.69, 9.17) is 30.5 Å². The number of allylic oxidation sites excluding steroid dienone is 2. The highest BCUT2D eigenvalue weighted by Crippen LogP contribution is 2.43. The second-order valence-corrected chi connectivity index (χ2v) is 9.65. The van der Waals surface area contributed by atoms with Crippen molar-refractivity contribution >= 4 is 23.8 Å². The van der Waals surface area contributed by atoms with Crippen molar-refractivity contribution in [3.63, 3.8) is 0 Å². The number of benzene rings is 3. The van der Waals surface area contributed by atoms with E-state index in [-0.39, 0.29) is 24.2 Å². The van der Waals surface area contributed by atoms with Crippen molar-refractivity contribution in [2.45, 2.75) is 39.3 Å². The fourth-order valence-corrected chi connectivity index (χ4v) is 4.62. The summed E-state index contributed by atoms with van der Waals surface area (Å²) >= 11 is 6.15. The SMILES string of the molecule is COC(=O)OC1=C(C)NC(C)=C(OC(=O)N[C@H](C)c2ccccc2)C1c1ccccc1OCc1cccc(Cl)c1. The molecule has 40 heavy (non-hydrogen) atoms. The predicted molar refractivity (Wildman–Crippen MR) is 151 cm³/mol. The van der Waals surface area contributed by atoms with Gasteiger partial charge in [-0.05, 0) is 50.1 Å². The number of amides is 1. The van der Waals surface area contributed by atoms with Crippen molar-refractivity contribution < 1.29 is 28.5 Å². The number of carbonyl (C=O) groups excluding carboxylic acids is 2. The fourth-order valence-electron chi connectivity index (χ4n) is 4.41. The number of alkyl carbamates (subject to hydrolysis) is 1. The Kier molecular flexibility index (Phi) is 9.35. The van der Waals surface area contributed by atoms with E-state index >= 15 is 0 Å². The quantitative estimate of drug-likeness (QED) is 0.277. The van der Waals surface area contributed by atoms with Crippen molar-refractivity contribution in [2.24, 2.45) is 0 Å². The van der Waals surface area contributed by atoms with Gasteiger partial charge in [-0.25, -0.2) is 9.59 Å². The Hall–Kier alpha value is -4.43. The topological polar surface area (TPSA) is 95.1 Å². The van der Waals surface area contributed by atoms with Gasteiger partial charge in [0.1, 0.15) is 29.8 Å². The lowest BCUT2D eigenvalue weighted by atomic mass is 9.90. The number of halogens is 1. The van der Waals surface area contributed by atoms with Gasteiger partial charge in [-0.1, -0.05) is 72.3 Å². The summed E-state index contributed by atoms with van der Waals surface area (Å²) in [4.78, 5) is 25.4. The molecule has 208 valence electrons. The van der Waals surface area contributed by atoms with Crippen molar-refractivity contribution in [2.75, 3.05) is 7.11 Å². The summed E-state index contributed by atoms with van der Waals surface area (Å²) in [6, 6.07) is 23.9. The van der Waals surface area contributed by atoms with Gasteiger partial charge in [-0.15, -0.1) is 0 Å². The number of hydrogen-bond donors (Lipinski definition) is 2. The number of ether oxygens (including phenoxy) is 4. The van der Waals surface area contributed by atoms with E-state index in [1.165, 1.54) is 7.11 Å². The lowest BCUT2D eigenvalue weighted by molar-refractivity contribution is 0.0885. The first-order chi connectivity index (χ1) is 19.3. The molecule has 3 aromatic rings. The summed E-state index contributed by atoms with van der Waals surface area (Å²) in [5.41, 5.74) is 3.56. The van der Waals surface area contributed by atoms with Gasteiger partial charge in [0.2, 0.25) is 0 Å². The van der Waals surface area contributed by atoms with Crippen molar-refractivity contribution in [1.29, 1.82) is 0 Å². The highest BCUT2D eigenvalue weighted by molar-refractivity contribution is 6.30. The molecule has 1 aliphatic heterocycles. The molecule has 1 heterocycles. The van der Waals surface area contributed by atoms with Gasteiger partial charge in [0.15, 0.2) is 0 Å². The average molecular weight is 563 g/mol. The standard InChI is InChI=1S/C31H31ClN2O6/c1-19(23-12-6-5-7-13-23)34-30(35)39-28-20(2)33-21(3)29(40-31(36)37-4)27(28)25-15-8-9-16-26(25)38-18-22-11-10-14-24(32)17-22/h5-17,19,27,33H,18H2,1-4H3,(H,34,35)/t19-,27?/m1/s1. The van der Waals surface area contributed by atoms with E-state index in [0.717, 1.165) is 11.1 Å².